The second-order valence-corrected chi connectivity index (χ2v) is 5.52. The molecule has 2 rings (SSSR count). The molecule has 0 aliphatic rings. The number of hydrogen-bond acceptors (Lipinski definition) is 4. The van der Waals surface area contributed by atoms with E-state index in [1.807, 2.05) is 0 Å². The molecule has 6 nitrogen and oxygen atoms in total. The summed E-state index contributed by atoms with van der Waals surface area (Å²) in [5.74, 6) is -0.903. The van der Waals surface area contributed by atoms with Gasteiger partial charge in [-0.1, -0.05) is 12.1 Å². The van der Waals surface area contributed by atoms with Crippen LogP contribution in [0.2, 0.25) is 0 Å². The van der Waals surface area contributed by atoms with Crippen LogP contribution in [0, 0.1) is 0 Å². The molecule has 0 aliphatic heterocycles. The van der Waals surface area contributed by atoms with Crippen molar-refractivity contribution in [2.24, 2.45) is 5.73 Å². The quantitative estimate of drug-likeness (QED) is 0.772. The third kappa shape index (κ3) is 6.50. The number of furan rings is 1. The smallest absolute Gasteiger partial charge is 0.406 e. The van der Waals surface area contributed by atoms with Crippen LogP contribution in [0.25, 0.3) is 0 Å². The number of carbonyl (C=O) groups excluding carboxylic acids is 2. The number of ether oxygens (including phenoxy) is 1. The summed E-state index contributed by atoms with van der Waals surface area (Å²) < 4.78 is 48.4. The molecule has 2 amide bonds. The maximum atomic E-state index is 12.7. The van der Waals surface area contributed by atoms with E-state index in [-0.39, 0.29) is 24.5 Å². The zero-order valence-electron chi connectivity index (χ0n) is 13.7. The molecule has 0 aliphatic carbocycles. The molecule has 0 unspecified atom stereocenters. The lowest BCUT2D eigenvalue weighted by atomic mass is 10.1. The van der Waals surface area contributed by atoms with Crippen molar-refractivity contribution in [3.8, 4) is 5.75 Å². The fraction of sp³-hybridized carbons (Fsp3) is 0.294. The maximum Gasteiger partial charge on any atom is 0.406 e. The number of halogens is 3. The summed E-state index contributed by atoms with van der Waals surface area (Å²) in [5.41, 5.74) is 5.68. The van der Waals surface area contributed by atoms with Crippen molar-refractivity contribution in [2.45, 2.75) is 19.1 Å². The Balaban J connectivity index is 2.01. The number of nitrogens with zero attached hydrogens (tertiary/aromatic N) is 1. The number of amides is 2. The summed E-state index contributed by atoms with van der Waals surface area (Å²) in [6.45, 7) is -2.33. The lowest BCUT2D eigenvalue weighted by Crippen LogP contribution is -2.40. The van der Waals surface area contributed by atoms with Gasteiger partial charge in [0, 0.05) is 0 Å². The number of rotatable bonds is 8. The van der Waals surface area contributed by atoms with Gasteiger partial charge in [0.25, 0.3) is 5.91 Å². The van der Waals surface area contributed by atoms with Crippen LogP contribution in [0.3, 0.4) is 0 Å². The van der Waals surface area contributed by atoms with Gasteiger partial charge in [-0.15, -0.1) is 0 Å². The second kappa shape index (κ2) is 8.41. The summed E-state index contributed by atoms with van der Waals surface area (Å²) in [7, 11) is 0. The van der Waals surface area contributed by atoms with E-state index in [0.717, 1.165) is 0 Å². The highest BCUT2D eigenvalue weighted by Crippen LogP contribution is 2.19. The third-order valence-electron chi connectivity index (χ3n) is 3.29. The molecule has 0 spiro atoms. The van der Waals surface area contributed by atoms with E-state index in [4.69, 9.17) is 14.9 Å². The molecular formula is C17H17F3N2O4. The Morgan fingerprint density at radius 2 is 1.96 bits per heavy atom. The predicted molar refractivity (Wildman–Crippen MR) is 85.0 cm³/mol. The van der Waals surface area contributed by atoms with Crippen LogP contribution in [-0.4, -0.2) is 36.0 Å². The fourth-order valence-corrected chi connectivity index (χ4v) is 2.22. The minimum Gasteiger partial charge on any atom is -0.484 e. The number of benzene rings is 1. The van der Waals surface area contributed by atoms with Crippen LogP contribution in [0.5, 0.6) is 5.75 Å². The molecule has 2 N–H and O–H groups in total. The summed E-state index contributed by atoms with van der Waals surface area (Å²) >= 11 is 0. The van der Waals surface area contributed by atoms with Gasteiger partial charge < -0.3 is 19.8 Å². The third-order valence-corrected chi connectivity index (χ3v) is 3.29. The van der Waals surface area contributed by atoms with E-state index in [0.29, 0.717) is 10.5 Å². The molecule has 0 saturated carbocycles. The number of alkyl halides is 3. The van der Waals surface area contributed by atoms with Gasteiger partial charge in [0.2, 0.25) is 5.91 Å². The van der Waals surface area contributed by atoms with Crippen LogP contribution >= 0.6 is 0 Å². The van der Waals surface area contributed by atoms with E-state index in [2.05, 4.69) is 0 Å². The molecule has 0 atom stereocenters. The SMILES string of the molecule is NC(=O)Cc1cccc(OCC(=O)N(Cc2ccco2)CC(F)(F)F)c1. The van der Waals surface area contributed by atoms with E-state index in [1.165, 1.54) is 30.5 Å². The minimum absolute atomic E-state index is 0.0101. The lowest BCUT2D eigenvalue weighted by molar-refractivity contribution is -0.164. The molecule has 1 aromatic carbocycles. The van der Waals surface area contributed by atoms with Crippen molar-refractivity contribution in [3.63, 3.8) is 0 Å². The minimum atomic E-state index is -4.55. The molecule has 1 aromatic heterocycles. The average Bonchev–Trinajstić information content (AvgIpc) is 3.03. The van der Waals surface area contributed by atoms with Crippen LogP contribution in [0.1, 0.15) is 11.3 Å². The van der Waals surface area contributed by atoms with Crippen molar-refractivity contribution < 1.29 is 31.9 Å². The molecule has 140 valence electrons. The first-order valence-electron chi connectivity index (χ1n) is 7.60. The average molecular weight is 370 g/mol. The monoisotopic (exact) mass is 370 g/mol. The summed E-state index contributed by atoms with van der Waals surface area (Å²) in [6.07, 6.45) is -3.25. The van der Waals surface area contributed by atoms with E-state index in [9.17, 15) is 22.8 Å². The van der Waals surface area contributed by atoms with Gasteiger partial charge >= 0.3 is 6.18 Å². The van der Waals surface area contributed by atoms with Gasteiger partial charge in [0.1, 0.15) is 18.1 Å². The Morgan fingerprint density at radius 3 is 2.58 bits per heavy atom. The highest BCUT2D eigenvalue weighted by molar-refractivity contribution is 5.78. The van der Waals surface area contributed by atoms with Gasteiger partial charge in [-0.3, -0.25) is 9.59 Å². The number of carbonyl (C=O) groups is 2. The van der Waals surface area contributed by atoms with Gasteiger partial charge in [0.05, 0.1) is 19.2 Å². The molecule has 9 heteroatoms. The van der Waals surface area contributed by atoms with Gasteiger partial charge in [-0.25, -0.2) is 0 Å². The maximum absolute atomic E-state index is 12.7. The second-order valence-electron chi connectivity index (χ2n) is 5.52. The zero-order valence-corrected chi connectivity index (χ0v) is 13.7. The standard InChI is InChI=1S/C17H17F3N2O4/c18-17(19,20)11-22(9-14-5-2-6-25-14)16(24)10-26-13-4-1-3-12(7-13)8-15(21)23/h1-7H,8-11H2,(H2,21,23). The van der Waals surface area contributed by atoms with Gasteiger partial charge in [0.15, 0.2) is 6.61 Å². The molecule has 26 heavy (non-hydrogen) atoms. The lowest BCUT2D eigenvalue weighted by Gasteiger charge is -2.23. The van der Waals surface area contributed by atoms with Crippen LogP contribution < -0.4 is 10.5 Å². The molecule has 1 heterocycles. The van der Waals surface area contributed by atoms with Crippen LogP contribution in [-0.2, 0) is 22.6 Å². The Bertz CT molecular complexity index is 745. The Labute approximate surface area is 147 Å². The summed E-state index contributed by atoms with van der Waals surface area (Å²) in [6, 6.07) is 9.26. The van der Waals surface area contributed by atoms with Crippen molar-refractivity contribution in [3.05, 3.63) is 54.0 Å². The van der Waals surface area contributed by atoms with E-state index >= 15 is 0 Å². The normalized spacial score (nSPS) is 11.2. The van der Waals surface area contributed by atoms with Crippen molar-refractivity contribution in [2.75, 3.05) is 13.2 Å². The van der Waals surface area contributed by atoms with Gasteiger partial charge in [-0.05, 0) is 29.8 Å². The van der Waals surface area contributed by atoms with Crippen molar-refractivity contribution >= 4 is 11.8 Å². The first-order chi connectivity index (χ1) is 12.2. The number of primary amides is 1. The Morgan fingerprint density at radius 1 is 1.19 bits per heavy atom. The van der Waals surface area contributed by atoms with Crippen molar-refractivity contribution in [1.82, 2.24) is 4.90 Å². The molecule has 0 saturated heterocycles. The molecule has 0 fully saturated rings. The van der Waals surface area contributed by atoms with Crippen LogP contribution in [0.4, 0.5) is 13.2 Å². The Kier molecular flexibility index (Phi) is 6.26. The summed E-state index contributed by atoms with van der Waals surface area (Å²) in [4.78, 5) is 23.7. The van der Waals surface area contributed by atoms with E-state index < -0.39 is 31.1 Å². The Hall–Kier alpha value is -2.97. The fourth-order valence-electron chi connectivity index (χ4n) is 2.22. The van der Waals surface area contributed by atoms with Crippen LogP contribution in [0.15, 0.2) is 47.1 Å². The summed E-state index contributed by atoms with van der Waals surface area (Å²) in [5, 5.41) is 0. The largest absolute Gasteiger partial charge is 0.484 e. The van der Waals surface area contributed by atoms with Gasteiger partial charge in [-0.2, -0.15) is 13.2 Å². The molecule has 0 bridgehead atoms. The molecular weight excluding hydrogens is 353 g/mol. The predicted octanol–water partition coefficient (Wildman–Crippen LogP) is 2.28. The molecule has 2 aromatic rings. The molecule has 0 radical (unpaired) electrons. The topological polar surface area (TPSA) is 85.8 Å². The van der Waals surface area contributed by atoms with E-state index in [1.54, 1.807) is 12.1 Å². The highest BCUT2D eigenvalue weighted by Gasteiger charge is 2.33. The first kappa shape index (κ1) is 19.4. The number of nitrogens with two attached hydrogens (primary N) is 1. The zero-order chi connectivity index (χ0) is 19.2. The first-order valence-corrected chi connectivity index (χ1v) is 7.60. The highest BCUT2D eigenvalue weighted by atomic mass is 19.4. The van der Waals surface area contributed by atoms with Crippen molar-refractivity contribution in [1.29, 1.82) is 0 Å². The number of hydrogen-bond donors (Lipinski definition) is 1.